The molecule has 1 aromatic heterocycles. The van der Waals surface area contributed by atoms with E-state index in [4.69, 9.17) is 4.74 Å². The SMILES string of the molecule is COc1ccc2sccc(=O)c2c1. The minimum Gasteiger partial charge on any atom is -0.497 e. The minimum absolute atomic E-state index is 0.0488. The lowest BCUT2D eigenvalue weighted by atomic mass is 10.2. The maximum absolute atomic E-state index is 11.4. The van der Waals surface area contributed by atoms with Crippen LogP contribution in [-0.2, 0) is 0 Å². The molecule has 0 radical (unpaired) electrons. The van der Waals surface area contributed by atoms with Crippen LogP contribution in [0.3, 0.4) is 0 Å². The van der Waals surface area contributed by atoms with Crippen LogP contribution in [-0.4, -0.2) is 7.11 Å². The molecule has 1 aromatic carbocycles. The molecule has 13 heavy (non-hydrogen) atoms. The standard InChI is InChI=1S/C10H8O2S/c1-12-7-2-3-10-8(6-7)9(11)4-5-13-10/h2-6H,1H3. The Labute approximate surface area is 79.4 Å². The molecular formula is C10H8O2S. The highest BCUT2D eigenvalue weighted by Crippen LogP contribution is 2.20. The summed E-state index contributed by atoms with van der Waals surface area (Å²) in [6, 6.07) is 7.11. The van der Waals surface area contributed by atoms with Crippen molar-refractivity contribution in [3.05, 3.63) is 39.9 Å². The van der Waals surface area contributed by atoms with Gasteiger partial charge in [0.1, 0.15) is 5.75 Å². The second-order valence-electron chi connectivity index (χ2n) is 2.65. The van der Waals surface area contributed by atoms with Gasteiger partial charge < -0.3 is 4.74 Å². The first kappa shape index (κ1) is 8.26. The van der Waals surface area contributed by atoms with Gasteiger partial charge in [-0.1, -0.05) is 0 Å². The van der Waals surface area contributed by atoms with Crippen molar-refractivity contribution in [1.29, 1.82) is 0 Å². The summed E-state index contributed by atoms with van der Waals surface area (Å²) in [5, 5.41) is 2.53. The molecule has 0 aliphatic heterocycles. The van der Waals surface area contributed by atoms with E-state index in [2.05, 4.69) is 0 Å². The van der Waals surface area contributed by atoms with Gasteiger partial charge in [-0.15, -0.1) is 11.3 Å². The van der Waals surface area contributed by atoms with Gasteiger partial charge in [0, 0.05) is 10.1 Å². The molecule has 0 unspecified atom stereocenters. The van der Waals surface area contributed by atoms with Crippen molar-refractivity contribution in [3.8, 4) is 5.75 Å². The Morgan fingerprint density at radius 1 is 1.31 bits per heavy atom. The molecule has 2 rings (SSSR count). The molecule has 1 heterocycles. The zero-order chi connectivity index (χ0) is 9.26. The highest BCUT2D eigenvalue weighted by atomic mass is 32.1. The number of ether oxygens (including phenoxy) is 1. The molecule has 0 bridgehead atoms. The Balaban J connectivity index is 2.82. The van der Waals surface area contributed by atoms with E-state index >= 15 is 0 Å². The quantitative estimate of drug-likeness (QED) is 0.692. The van der Waals surface area contributed by atoms with Crippen LogP contribution in [0.4, 0.5) is 0 Å². The molecular weight excluding hydrogens is 184 g/mol. The molecule has 0 aliphatic carbocycles. The van der Waals surface area contributed by atoms with Crippen LogP contribution in [0.5, 0.6) is 5.75 Å². The third-order valence-electron chi connectivity index (χ3n) is 1.87. The summed E-state index contributed by atoms with van der Waals surface area (Å²) in [6.45, 7) is 0. The third kappa shape index (κ3) is 1.42. The molecule has 2 aromatic rings. The Kier molecular flexibility index (Phi) is 2.02. The molecule has 0 saturated carbocycles. The van der Waals surface area contributed by atoms with Gasteiger partial charge in [0.25, 0.3) is 0 Å². The third-order valence-corrected chi connectivity index (χ3v) is 2.75. The van der Waals surface area contributed by atoms with Crippen LogP contribution in [0.1, 0.15) is 0 Å². The van der Waals surface area contributed by atoms with E-state index in [9.17, 15) is 4.79 Å². The van der Waals surface area contributed by atoms with Gasteiger partial charge in [-0.2, -0.15) is 0 Å². The zero-order valence-corrected chi connectivity index (χ0v) is 7.93. The van der Waals surface area contributed by atoms with Crippen LogP contribution in [0.2, 0.25) is 0 Å². The molecule has 0 saturated heterocycles. The largest absolute Gasteiger partial charge is 0.497 e. The summed E-state index contributed by atoms with van der Waals surface area (Å²) in [5.41, 5.74) is 0.0488. The van der Waals surface area contributed by atoms with Crippen LogP contribution in [0.25, 0.3) is 10.1 Å². The van der Waals surface area contributed by atoms with Crippen molar-refractivity contribution in [1.82, 2.24) is 0 Å². The van der Waals surface area contributed by atoms with Gasteiger partial charge in [-0.05, 0) is 29.6 Å². The van der Waals surface area contributed by atoms with Gasteiger partial charge in [0.2, 0.25) is 0 Å². The van der Waals surface area contributed by atoms with E-state index in [-0.39, 0.29) is 5.43 Å². The maximum Gasteiger partial charge on any atom is 0.188 e. The molecule has 0 spiro atoms. The summed E-state index contributed by atoms with van der Waals surface area (Å²) in [7, 11) is 1.60. The number of fused-ring (bicyclic) bond motifs is 1. The summed E-state index contributed by atoms with van der Waals surface area (Å²) >= 11 is 1.55. The fraction of sp³-hybridized carbons (Fsp3) is 0.100. The summed E-state index contributed by atoms with van der Waals surface area (Å²) < 4.78 is 6.04. The molecule has 2 nitrogen and oxygen atoms in total. The Bertz CT molecular complexity index is 487. The molecule has 0 N–H and O–H groups in total. The highest BCUT2D eigenvalue weighted by molar-refractivity contribution is 7.16. The smallest absolute Gasteiger partial charge is 0.188 e. The first-order valence-corrected chi connectivity index (χ1v) is 4.75. The summed E-state index contributed by atoms with van der Waals surface area (Å²) in [5.74, 6) is 0.725. The number of rotatable bonds is 1. The minimum atomic E-state index is 0.0488. The predicted octanol–water partition coefficient (Wildman–Crippen LogP) is 2.27. The van der Waals surface area contributed by atoms with Crippen LogP contribution >= 0.6 is 11.3 Å². The average molecular weight is 192 g/mol. The van der Waals surface area contributed by atoms with Crippen molar-refractivity contribution >= 4 is 21.4 Å². The topological polar surface area (TPSA) is 26.3 Å². The van der Waals surface area contributed by atoms with Gasteiger partial charge >= 0.3 is 0 Å². The zero-order valence-electron chi connectivity index (χ0n) is 7.11. The Morgan fingerprint density at radius 3 is 2.92 bits per heavy atom. The van der Waals surface area contributed by atoms with Crippen molar-refractivity contribution in [3.63, 3.8) is 0 Å². The van der Waals surface area contributed by atoms with Gasteiger partial charge in [0.15, 0.2) is 5.43 Å². The van der Waals surface area contributed by atoms with E-state index in [0.717, 1.165) is 15.8 Å². The van der Waals surface area contributed by atoms with Gasteiger partial charge in [-0.3, -0.25) is 4.79 Å². The molecule has 0 aliphatic rings. The van der Waals surface area contributed by atoms with Gasteiger partial charge in [0.05, 0.1) is 7.11 Å². The van der Waals surface area contributed by atoms with E-state index < -0.39 is 0 Å². The number of methoxy groups -OCH3 is 1. The monoisotopic (exact) mass is 192 g/mol. The summed E-state index contributed by atoms with van der Waals surface area (Å²) in [4.78, 5) is 11.4. The lowest BCUT2D eigenvalue weighted by Crippen LogP contribution is -1.96. The molecule has 0 fully saturated rings. The average Bonchev–Trinajstić information content (AvgIpc) is 2.18. The Hall–Kier alpha value is -1.35. The predicted molar refractivity (Wildman–Crippen MR) is 54.6 cm³/mol. The van der Waals surface area contributed by atoms with Crippen LogP contribution in [0, 0.1) is 0 Å². The van der Waals surface area contributed by atoms with E-state index in [0.29, 0.717) is 0 Å². The van der Waals surface area contributed by atoms with Crippen molar-refractivity contribution in [2.45, 2.75) is 0 Å². The molecule has 66 valence electrons. The van der Waals surface area contributed by atoms with Crippen LogP contribution < -0.4 is 10.2 Å². The van der Waals surface area contributed by atoms with Crippen molar-refractivity contribution in [2.24, 2.45) is 0 Å². The second-order valence-corrected chi connectivity index (χ2v) is 3.59. The normalized spacial score (nSPS) is 10.2. The molecule has 3 heteroatoms. The van der Waals surface area contributed by atoms with E-state index in [1.165, 1.54) is 0 Å². The van der Waals surface area contributed by atoms with E-state index in [1.807, 2.05) is 12.1 Å². The fourth-order valence-electron chi connectivity index (χ4n) is 1.19. The fourth-order valence-corrected chi connectivity index (χ4v) is 1.96. The maximum atomic E-state index is 11.4. The van der Waals surface area contributed by atoms with Crippen molar-refractivity contribution < 1.29 is 4.74 Å². The Morgan fingerprint density at radius 2 is 2.15 bits per heavy atom. The summed E-state index contributed by atoms with van der Waals surface area (Å²) in [6.07, 6.45) is 0. The first-order valence-electron chi connectivity index (χ1n) is 3.87. The molecule has 0 amide bonds. The molecule has 0 atom stereocenters. The van der Waals surface area contributed by atoms with Crippen molar-refractivity contribution in [2.75, 3.05) is 7.11 Å². The van der Waals surface area contributed by atoms with Gasteiger partial charge in [-0.25, -0.2) is 0 Å². The number of hydrogen-bond acceptors (Lipinski definition) is 3. The lowest BCUT2D eigenvalue weighted by Gasteiger charge is -1.99. The number of hydrogen-bond donors (Lipinski definition) is 0. The van der Waals surface area contributed by atoms with E-state index in [1.54, 1.807) is 36.0 Å². The lowest BCUT2D eigenvalue weighted by molar-refractivity contribution is 0.415. The van der Waals surface area contributed by atoms with Crippen LogP contribution in [0.15, 0.2) is 34.4 Å². The second kappa shape index (κ2) is 3.18. The first-order chi connectivity index (χ1) is 6.31. The number of benzene rings is 1. The highest BCUT2D eigenvalue weighted by Gasteiger charge is 1.99.